The minimum absolute atomic E-state index is 0.0621. The van der Waals surface area contributed by atoms with Crippen molar-refractivity contribution < 1.29 is 9.57 Å². The fourth-order valence-electron chi connectivity index (χ4n) is 1.87. The third-order valence-electron chi connectivity index (χ3n) is 2.94. The van der Waals surface area contributed by atoms with Gasteiger partial charge in [-0.15, -0.1) is 0 Å². The first-order chi connectivity index (χ1) is 10.4. The highest BCUT2D eigenvalue weighted by molar-refractivity contribution is 5.78. The lowest BCUT2D eigenvalue weighted by Gasteiger charge is -2.10. The van der Waals surface area contributed by atoms with Gasteiger partial charge in [-0.05, 0) is 17.2 Å². The van der Waals surface area contributed by atoms with Gasteiger partial charge in [0, 0.05) is 7.11 Å². The van der Waals surface area contributed by atoms with Crippen molar-refractivity contribution in [2.75, 3.05) is 13.7 Å². The Morgan fingerprint density at radius 1 is 1.00 bits per heavy atom. The highest BCUT2D eigenvalue weighted by Gasteiger charge is 2.04. The van der Waals surface area contributed by atoms with E-state index in [-0.39, 0.29) is 6.10 Å². The highest BCUT2D eigenvalue weighted by Crippen LogP contribution is 2.17. The average Bonchev–Trinajstić information content (AvgIpc) is 2.56. The van der Waals surface area contributed by atoms with Crippen LogP contribution < -0.4 is 0 Å². The molecule has 0 N–H and O–H groups in total. The second kappa shape index (κ2) is 8.72. The predicted molar refractivity (Wildman–Crippen MR) is 85.3 cm³/mol. The molecule has 0 fully saturated rings. The van der Waals surface area contributed by atoms with Gasteiger partial charge in [-0.1, -0.05) is 71.9 Å². The van der Waals surface area contributed by atoms with Crippen LogP contribution in [-0.2, 0) is 9.57 Å². The van der Waals surface area contributed by atoms with Gasteiger partial charge in [0.15, 0.2) is 0 Å². The largest absolute Gasteiger partial charge is 0.392 e. The van der Waals surface area contributed by atoms with Crippen molar-refractivity contribution in [1.29, 1.82) is 0 Å². The number of hydrogen-bond acceptors (Lipinski definition) is 3. The van der Waals surface area contributed by atoms with Crippen LogP contribution in [-0.4, -0.2) is 19.9 Å². The van der Waals surface area contributed by atoms with Gasteiger partial charge >= 0.3 is 0 Å². The number of oxime groups is 1. The zero-order valence-electron chi connectivity index (χ0n) is 12.1. The van der Waals surface area contributed by atoms with E-state index in [0.29, 0.717) is 6.61 Å². The van der Waals surface area contributed by atoms with E-state index in [0.717, 1.165) is 11.1 Å². The van der Waals surface area contributed by atoms with E-state index in [2.05, 4.69) is 5.16 Å². The number of benzene rings is 2. The van der Waals surface area contributed by atoms with Gasteiger partial charge in [0.1, 0.15) is 12.7 Å². The van der Waals surface area contributed by atoms with E-state index >= 15 is 0 Å². The van der Waals surface area contributed by atoms with Crippen LogP contribution in [0.4, 0.5) is 0 Å². The molecule has 3 heteroatoms. The van der Waals surface area contributed by atoms with Gasteiger partial charge < -0.3 is 9.57 Å². The summed E-state index contributed by atoms with van der Waals surface area (Å²) in [6.07, 6.45) is 5.50. The topological polar surface area (TPSA) is 30.8 Å². The Kier molecular flexibility index (Phi) is 6.23. The molecule has 2 aromatic carbocycles. The summed E-state index contributed by atoms with van der Waals surface area (Å²) in [7, 11) is 1.69. The second-order valence-corrected chi connectivity index (χ2v) is 4.44. The maximum Gasteiger partial charge on any atom is 0.135 e. The van der Waals surface area contributed by atoms with Crippen molar-refractivity contribution in [2.45, 2.75) is 6.10 Å². The molecule has 0 spiro atoms. The Morgan fingerprint density at radius 3 is 2.33 bits per heavy atom. The smallest absolute Gasteiger partial charge is 0.135 e. The quantitative estimate of drug-likeness (QED) is 0.332. The number of hydrogen-bond donors (Lipinski definition) is 0. The Hall–Kier alpha value is -2.39. The molecule has 2 aromatic rings. The molecule has 3 nitrogen and oxygen atoms in total. The van der Waals surface area contributed by atoms with E-state index in [9.17, 15) is 0 Å². The molecule has 0 aliphatic rings. The molecule has 1 atom stereocenters. The highest BCUT2D eigenvalue weighted by atomic mass is 16.6. The normalized spacial score (nSPS) is 12.8. The molecule has 0 heterocycles. The van der Waals surface area contributed by atoms with E-state index < -0.39 is 0 Å². The van der Waals surface area contributed by atoms with E-state index in [1.165, 1.54) is 0 Å². The van der Waals surface area contributed by atoms with Crippen molar-refractivity contribution in [3.8, 4) is 0 Å². The van der Waals surface area contributed by atoms with Gasteiger partial charge in [-0.25, -0.2) is 0 Å². The number of rotatable bonds is 7. The molecule has 0 radical (unpaired) electrons. The third-order valence-corrected chi connectivity index (χ3v) is 2.94. The van der Waals surface area contributed by atoms with Crippen molar-refractivity contribution >= 4 is 6.21 Å². The molecule has 0 aliphatic heterocycles. The second-order valence-electron chi connectivity index (χ2n) is 4.44. The molecule has 0 saturated carbocycles. The molecule has 2 rings (SSSR count). The number of nitrogens with zero attached hydrogens (tertiary/aromatic N) is 1. The molecule has 1 unspecified atom stereocenters. The maximum absolute atomic E-state index is 5.43. The van der Waals surface area contributed by atoms with Crippen LogP contribution in [0.1, 0.15) is 17.2 Å². The molecular weight excluding hydrogens is 262 g/mol. The lowest BCUT2D eigenvalue weighted by atomic mass is 10.1. The molecule has 0 aliphatic carbocycles. The molecule has 21 heavy (non-hydrogen) atoms. The van der Waals surface area contributed by atoms with Gasteiger partial charge in [0.2, 0.25) is 0 Å². The molecule has 0 bridgehead atoms. The van der Waals surface area contributed by atoms with Crippen LogP contribution in [0.2, 0.25) is 0 Å². The fraction of sp³-hybridized carbons (Fsp3) is 0.167. The van der Waals surface area contributed by atoms with Gasteiger partial charge in [-0.2, -0.15) is 0 Å². The van der Waals surface area contributed by atoms with E-state index in [4.69, 9.17) is 9.57 Å². The first-order valence-corrected chi connectivity index (χ1v) is 6.85. The minimum atomic E-state index is -0.0621. The zero-order chi connectivity index (χ0) is 14.8. The SMILES string of the molecule is COC(/C=C/CO/N=C/c1ccccc1)c1ccccc1. The molecular formula is C18H19NO2. The molecule has 0 aromatic heterocycles. The third kappa shape index (κ3) is 5.24. The number of methoxy groups -OCH3 is 1. The summed E-state index contributed by atoms with van der Waals surface area (Å²) in [4.78, 5) is 5.20. The van der Waals surface area contributed by atoms with E-state index in [1.807, 2.05) is 72.8 Å². The Morgan fingerprint density at radius 2 is 1.67 bits per heavy atom. The Bertz CT molecular complexity index is 564. The van der Waals surface area contributed by atoms with Gasteiger partial charge in [0.25, 0.3) is 0 Å². The fourth-order valence-corrected chi connectivity index (χ4v) is 1.87. The first kappa shape index (κ1) is 15.0. The monoisotopic (exact) mass is 281 g/mol. The summed E-state index contributed by atoms with van der Waals surface area (Å²) in [6, 6.07) is 19.9. The van der Waals surface area contributed by atoms with Crippen LogP contribution >= 0.6 is 0 Å². The van der Waals surface area contributed by atoms with E-state index in [1.54, 1.807) is 13.3 Å². The number of ether oxygens (including phenoxy) is 1. The maximum atomic E-state index is 5.43. The lowest BCUT2D eigenvalue weighted by molar-refractivity contribution is 0.139. The summed E-state index contributed by atoms with van der Waals surface area (Å²) in [5.74, 6) is 0. The van der Waals surface area contributed by atoms with Gasteiger partial charge in [0.05, 0.1) is 6.21 Å². The van der Waals surface area contributed by atoms with Crippen molar-refractivity contribution in [3.63, 3.8) is 0 Å². The Labute approximate surface area is 125 Å². The summed E-state index contributed by atoms with van der Waals surface area (Å²) >= 11 is 0. The zero-order valence-corrected chi connectivity index (χ0v) is 12.1. The Balaban J connectivity index is 1.78. The van der Waals surface area contributed by atoms with Crippen LogP contribution in [0.3, 0.4) is 0 Å². The summed E-state index contributed by atoms with van der Waals surface area (Å²) in [5.41, 5.74) is 2.13. The van der Waals surface area contributed by atoms with Crippen molar-refractivity contribution in [1.82, 2.24) is 0 Å². The van der Waals surface area contributed by atoms with Crippen molar-refractivity contribution in [3.05, 3.63) is 83.9 Å². The van der Waals surface area contributed by atoms with Crippen LogP contribution in [0, 0.1) is 0 Å². The van der Waals surface area contributed by atoms with Gasteiger partial charge in [-0.3, -0.25) is 0 Å². The lowest BCUT2D eigenvalue weighted by Crippen LogP contribution is -1.97. The first-order valence-electron chi connectivity index (χ1n) is 6.85. The summed E-state index contributed by atoms with van der Waals surface area (Å²) in [5, 5.41) is 3.92. The van der Waals surface area contributed by atoms with Crippen LogP contribution in [0.25, 0.3) is 0 Å². The molecule has 108 valence electrons. The van der Waals surface area contributed by atoms with Crippen LogP contribution in [0.5, 0.6) is 0 Å². The minimum Gasteiger partial charge on any atom is -0.392 e. The van der Waals surface area contributed by atoms with Crippen molar-refractivity contribution in [2.24, 2.45) is 5.16 Å². The standard InChI is InChI=1S/C18H19NO2/c1-20-18(17-11-6-3-7-12-17)13-8-14-21-19-15-16-9-4-2-5-10-16/h2-13,15,18H,14H2,1H3/b13-8+,19-15+. The molecule has 0 amide bonds. The average molecular weight is 281 g/mol. The summed E-state index contributed by atoms with van der Waals surface area (Å²) in [6.45, 7) is 0.413. The predicted octanol–water partition coefficient (Wildman–Crippen LogP) is 3.98. The molecule has 0 saturated heterocycles. The van der Waals surface area contributed by atoms with Crippen LogP contribution in [0.15, 0.2) is 78.0 Å². The summed E-state index contributed by atoms with van der Waals surface area (Å²) < 4.78 is 5.43.